The summed E-state index contributed by atoms with van der Waals surface area (Å²) in [7, 11) is 0. The predicted octanol–water partition coefficient (Wildman–Crippen LogP) is 4.36. The molecule has 0 unspecified atom stereocenters. The van der Waals surface area contributed by atoms with Crippen molar-refractivity contribution in [2.24, 2.45) is 0 Å². The molecule has 0 atom stereocenters. The summed E-state index contributed by atoms with van der Waals surface area (Å²) in [6, 6.07) is 13.5. The Bertz CT molecular complexity index is 603. The Balaban J connectivity index is 2.30. The predicted molar refractivity (Wildman–Crippen MR) is 85.8 cm³/mol. The fourth-order valence-electron chi connectivity index (χ4n) is 2.01. The largest absolute Gasteiger partial charge is 0.504 e. The average Bonchev–Trinajstić information content (AvgIpc) is 2.50. The van der Waals surface area contributed by atoms with Gasteiger partial charge in [0.2, 0.25) is 5.75 Å². The molecule has 3 heteroatoms. The average molecular weight is 284 g/mol. The van der Waals surface area contributed by atoms with Crippen molar-refractivity contribution in [2.45, 2.75) is 13.8 Å². The van der Waals surface area contributed by atoms with Gasteiger partial charge in [0.1, 0.15) is 0 Å². The summed E-state index contributed by atoms with van der Waals surface area (Å²) in [6.07, 6.45) is 3.93. The maximum Gasteiger partial charge on any atom is 0.203 e. The highest BCUT2D eigenvalue weighted by Crippen LogP contribution is 2.38. The van der Waals surface area contributed by atoms with Crippen LogP contribution in [0.15, 0.2) is 42.5 Å². The fraction of sp³-hybridized carbons (Fsp3) is 0.222. The van der Waals surface area contributed by atoms with Crippen LogP contribution in [0.1, 0.15) is 25.0 Å². The van der Waals surface area contributed by atoms with E-state index in [2.05, 4.69) is 0 Å². The maximum atomic E-state index is 10.1. The van der Waals surface area contributed by atoms with Crippen molar-refractivity contribution in [3.05, 3.63) is 53.6 Å². The van der Waals surface area contributed by atoms with E-state index in [1.54, 1.807) is 6.07 Å². The Morgan fingerprint density at radius 3 is 2.24 bits per heavy atom. The van der Waals surface area contributed by atoms with E-state index < -0.39 is 0 Å². The smallest absolute Gasteiger partial charge is 0.203 e. The standard InChI is InChI=1S/C18H20O3/c1-3-20-17-13-15(12-16(19)18(17)21-4-2)11-10-14-8-6-5-7-9-14/h5-13,19H,3-4H2,1-2H3. The third-order valence-electron chi connectivity index (χ3n) is 2.91. The van der Waals surface area contributed by atoms with Crippen LogP contribution in [0.25, 0.3) is 12.2 Å². The number of phenolic OH excluding ortho intramolecular Hbond substituents is 1. The quantitative estimate of drug-likeness (QED) is 0.801. The highest BCUT2D eigenvalue weighted by Gasteiger charge is 2.11. The van der Waals surface area contributed by atoms with Crippen LogP contribution in [0, 0.1) is 0 Å². The Morgan fingerprint density at radius 1 is 0.905 bits per heavy atom. The molecule has 0 aliphatic heterocycles. The van der Waals surface area contributed by atoms with Crippen molar-refractivity contribution in [1.82, 2.24) is 0 Å². The second kappa shape index (κ2) is 7.39. The van der Waals surface area contributed by atoms with Crippen LogP contribution in [-0.2, 0) is 0 Å². The van der Waals surface area contributed by atoms with Crippen LogP contribution in [-0.4, -0.2) is 18.3 Å². The molecule has 2 aromatic carbocycles. The molecule has 21 heavy (non-hydrogen) atoms. The zero-order valence-electron chi connectivity index (χ0n) is 12.4. The van der Waals surface area contributed by atoms with Crippen LogP contribution in [0.2, 0.25) is 0 Å². The highest BCUT2D eigenvalue weighted by molar-refractivity contribution is 5.72. The second-order valence-corrected chi connectivity index (χ2v) is 4.48. The van der Waals surface area contributed by atoms with E-state index in [9.17, 15) is 5.11 Å². The third-order valence-corrected chi connectivity index (χ3v) is 2.91. The first-order valence-electron chi connectivity index (χ1n) is 7.10. The molecular formula is C18H20O3. The molecule has 0 aromatic heterocycles. The zero-order valence-corrected chi connectivity index (χ0v) is 12.4. The molecule has 0 spiro atoms. The lowest BCUT2D eigenvalue weighted by molar-refractivity contribution is 0.275. The summed E-state index contributed by atoms with van der Waals surface area (Å²) in [4.78, 5) is 0. The molecule has 2 aromatic rings. The van der Waals surface area contributed by atoms with E-state index >= 15 is 0 Å². The van der Waals surface area contributed by atoms with E-state index in [-0.39, 0.29) is 5.75 Å². The van der Waals surface area contributed by atoms with Crippen LogP contribution < -0.4 is 9.47 Å². The highest BCUT2D eigenvalue weighted by atomic mass is 16.5. The van der Waals surface area contributed by atoms with E-state index in [1.165, 1.54) is 0 Å². The first-order chi connectivity index (χ1) is 10.2. The van der Waals surface area contributed by atoms with Gasteiger partial charge >= 0.3 is 0 Å². The first kappa shape index (κ1) is 15.0. The number of phenols is 1. The molecule has 0 aliphatic carbocycles. The van der Waals surface area contributed by atoms with Crippen molar-refractivity contribution in [2.75, 3.05) is 13.2 Å². The maximum absolute atomic E-state index is 10.1. The molecule has 2 rings (SSSR count). The number of benzene rings is 2. The SMILES string of the molecule is CCOc1cc(C=Cc2ccccc2)cc(O)c1OCC. The summed E-state index contributed by atoms with van der Waals surface area (Å²) < 4.78 is 11.0. The van der Waals surface area contributed by atoms with Crippen molar-refractivity contribution in [3.63, 3.8) is 0 Å². The van der Waals surface area contributed by atoms with Gasteiger partial charge in [0, 0.05) is 0 Å². The summed E-state index contributed by atoms with van der Waals surface area (Å²) in [5.41, 5.74) is 1.96. The van der Waals surface area contributed by atoms with Gasteiger partial charge in [-0.1, -0.05) is 42.5 Å². The molecule has 0 heterocycles. The molecule has 0 amide bonds. The van der Waals surface area contributed by atoms with Crippen LogP contribution in [0.4, 0.5) is 0 Å². The topological polar surface area (TPSA) is 38.7 Å². The van der Waals surface area contributed by atoms with E-state index in [0.29, 0.717) is 24.7 Å². The zero-order chi connectivity index (χ0) is 15.1. The molecule has 3 nitrogen and oxygen atoms in total. The molecule has 0 aliphatic rings. The van der Waals surface area contributed by atoms with Crippen molar-refractivity contribution in [3.8, 4) is 17.2 Å². The normalized spacial score (nSPS) is 10.8. The van der Waals surface area contributed by atoms with Gasteiger partial charge < -0.3 is 14.6 Å². The third kappa shape index (κ3) is 4.02. The van der Waals surface area contributed by atoms with Gasteiger partial charge in [-0.15, -0.1) is 0 Å². The molecule has 1 N–H and O–H groups in total. The van der Waals surface area contributed by atoms with Crippen molar-refractivity contribution < 1.29 is 14.6 Å². The van der Waals surface area contributed by atoms with Gasteiger partial charge in [-0.2, -0.15) is 0 Å². The number of ether oxygens (including phenoxy) is 2. The van der Waals surface area contributed by atoms with Crippen LogP contribution in [0.5, 0.6) is 17.2 Å². The van der Waals surface area contributed by atoms with E-state index in [4.69, 9.17) is 9.47 Å². The molecule has 0 saturated carbocycles. The lowest BCUT2D eigenvalue weighted by Crippen LogP contribution is -1.99. The number of rotatable bonds is 6. The van der Waals surface area contributed by atoms with Gasteiger partial charge in [-0.05, 0) is 37.1 Å². The number of hydrogen-bond acceptors (Lipinski definition) is 3. The molecule has 0 radical (unpaired) electrons. The Labute approximate surface area is 125 Å². The lowest BCUT2D eigenvalue weighted by Gasteiger charge is -2.13. The molecule has 0 saturated heterocycles. The lowest BCUT2D eigenvalue weighted by atomic mass is 10.1. The summed E-state index contributed by atoms with van der Waals surface area (Å²) >= 11 is 0. The van der Waals surface area contributed by atoms with E-state index in [1.807, 2.05) is 62.4 Å². The Hall–Kier alpha value is -2.42. The van der Waals surface area contributed by atoms with Crippen LogP contribution >= 0.6 is 0 Å². The molecular weight excluding hydrogens is 264 g/mol. The van der Waals surface area contributed by atoms with Gasteiger partial charge in [0.05, 0.1) is 13.2 Å². The Morgan fingerprint density at radius 2 is 1.57 bits per heavy atom. The van der Waals surface area contributed by atoms with Crippen molar-refractivity contribution >= 4 is 12.2 Å². The summed E-state index contributed by atoms with van der Waals surface area (Å²) in [5, 5.41) is 10.1. The van der Waals surface area contributed by atoms with Crippen LogP contribution in [0.3, 0.4) is 0 Å². The summed E-state index contributed by atoms with van der Waals surface area (Å²) in [6.45, 7) is 4.77. The van der Waals surface area contributed by atoms with Gasteiger partial charge in [-0.3, -0.25) is 0 Å². The molecule has 0 bridgehead atoms. The van der Waals surface area contributed by atoms with Crippen molar-refractivity contribution in [1.29, 1.82) is 0 Å². The first-order valence-corrected chi connectivity index (χ1v) is 7.10. The Kier molecular flexibility index (Phi) is 5.27. The molecule has 110 valence electrons. The minimum Gasteiger partial charge on any atom is -0.504 e. The fourth-order valence-corrected chi connectivity index (χ4v) is 2.01. The number of aromatic hydroxyl groups is 1. The van der Waals surface area contributed by atoms with Gasteiger partial charge in [-0.25, -0.2) is 0 Å². The monoisotopic (exact) mass is 284 g/mol. The van der Waals surface area contributed by atoms with Gasteiger partial charge in [0.15, 0.2) is 11.5 Å². The number of hydrogen-bond donors (Lipinski definition) is 1. The minimum absolute atomic E-state index is 0.0931. The second-order valence-electron chi connectivity index (χ2n) is 4.48. The summed E-state index contributed by atoms with van der Waals surface area (Å²) in [5.74, 6) is 1.05. The van der Waals surface area contributed by atoms with E-state index in [0.717, 1.165) is 11.1 Å². The molecule has 0 fully saturated rings. The van der Waals surface area contributed by atoms with Gasteiger partial charge in [0.25, 0.3) is 0 Å². The minimum atomic E-state index is 0.0931.